The molecule has 1 aliphatic carbocycles. The van der Waals surface area contributed by atoms with Crippen molar-refractivity contribution in [1.82, 2.24) is 0 Å². The second-order valence-electron chi connectivity index (χ2n) is 3.78. The van der Waals surface area contributed by atoms with Gasteiger partial charge in [0.2, 0.25) is 0 Å². The minimum absolute atomic E-state index is 0.488. The molecule has 0 heterocycles. The van der Waals surface area contributed by atoms with Crippen molar-refractivity contribution in [3.8, 4) is 0 Å². The lowest BCUT2D eigenvalue weighted by atomic mass is 9.79. The van der Waals surface area contributed by atoms with Gasteiger partial charge in [0.1, 0.15) is 5.78 Å². The van der Waals surface area contributed by atoms with Crippen molar-refractivity contribution in [3.05, 3.63) is 0 Å². The molecule has 0 saturated heterocycles. The molecule has 1 rings (SSSR count). The Labute approximate surface area is 69.2 Å². The maximum absolute atomic E-state index is 11.1. The molecular formula is C10H18O. The molecule has 0 bridgehead atoms. The average Bonchev–Trinajstić information content (AvgIpc) is 2.03. The lowest BCUT2D eigenvalue weighted by Crippen LogP contribution is -2.20. The highest BCUT2D eigenvalue weighted by Gasteiger charge is 2.22. The summed E-state index contributed by atoms with van der Waals surface area (Å²) in [5.74, 6) is 1.93. The van der Waals surface area contributed by atoms with Crippen LogP contribution in [0, 0.1) is 11.8 Å². The molecule has 0 aromatic carbocycles. The molecule has 1 unspecified atom stereocenters. The van der Waals surface area contributed by atoms with Gasteiger partial charge < -0.3 is 0 Å². The molecule has 0 aromatic rings. The van der Waals surface area contributed by atoms with Crippen molar-refractivity contribution >= 4 is 5.78 Å². The van der Waals surface area contributed by atoms with Crippen molar-refractivity contribution in [2.45, 2.75) is 46.0 Å². The van der Waals surface area contributed by atoms with Crippen molar-refractivity contribution in [2.24, 2.45) is 11.8 Å². The normalized spacial score (nSPS) is 28.5. The number of carbonyl (C=O) groups is 1. The second-order valence-corrected chi connectivity index (χ2v) is 3.78. The molecule has 0 spiro atoms. The second kappa shape index (κ2) is 3.89. The van der Waals surface area contributed by atoms with Crippen LogP contribution in [-0.2, 0) is 4.79 Å². The highest BCUT2D eigenvalue weighted by Crippen LogP contribution is 2.29. The van der Waals surface area contributed by atoms with Crippen molar-refractivity contribution in [3.63, 3.8) is 0 Å². The van der Waals surface area contributed by atoms with Crippen LogP contribution in [0.3, 0.4) is 0 Å². The minimum atomic E-state index is 0.488. The quantitative estimate of drug-likeness (QED) is 0.597. The third kappa shape index (κ3) is 2.32. The van der Waals surface area contributed by atoms with Crippen LogP contribution in [0.5, 0.6) is 0 Å². The maximum atomic E-state index is 11.1. The summed E-state index contributed by atoms with van der Waals surface area (Å²) in [4.78, 5) is 11.1. The molecule has 0 N–H and O–H groups in total. The van der Waals surface area contributed by atoms with E-state index in [1.165, 1.54) is 12.8 Å². The van der Waals surface area contributed by atoms with Gasteiger partial charge in [-0.3, -0.25) is 4.79 Å². The molecule has 0 amide bonds. The predicted molar refractivity (Wildman–Crippen MR) is 46.4 cm³/mol. The zero-order valence-corrected chi connectivity index (χ0v) is 7.60. The fourth-order valence-corrected chi connectivity index (χ4v) is 1.88. The summed E-state index contributed by atoms with van der Waals surface area (Å²) in [6.07, 6.45) is 5.33. The van der Waals surface area contributed by atoms with E-state index in [9.17, 15) is 4.79 Å². The summed E-state index contributed by atoms with van der Waals surface area (Å²) in [6, 6.07) is 0. The molecule has 11 heavy (non-hydrogen) atoms. The van der Waals surface area contributed by atoms with Crippen molar-refractivity contribution < 1.29 is 4.79 Å². The summed E-state index contributed by atoms with van der Waals surface area (Å²) in [5, 5.41) is 0. The van der Waals surface area contributed by atoms with E-state index in [2.05, 4.69) is 13.8 Å². The van der Waals surface area contributed by atoms with Crippen LogP contribution in [-0.4, -0.2) is 5.78 Å². The summed E-state index contributed by atoms with van der Waals surface area (Å²) in [6.45, 7) is 4.48. The highest BCUT2D eigenvalue weighted by atomic mass is 16.1. The lowest BCUT2D eigenvalue weighted by molar-refractivity contribution is -0.122. The predicted octanol–water partition coefficient (Wildman–Crippen LogP) is 2.79. The van der Waals surface area contributed by atoms with E-state index in [1.54, 1.807) is 0 Å². The Kier molecular flexibility index (Phi) is 3.10. The van der Waals surface area contributed by atoms with Gasteiger partial charge in [0.05, 0.1) is 0 Å². The first kappa shape index (κ1) is 8.76. The summed E-state index contributed by atoms with van der Waals surface area (Å²) in [5.41, 5.74) is 0. The fraction of sp³-hybridized carbons (Fsp3) is 0.900. The first-order valence-electron chi connectivity index (χ1n) is 4.75. The van der Waals surface area contributed by atoms with Gasteiger partial charge in [-0.05, 0) is 24.7 Å². The average molecular weight is 154 g/mol. The number of carbonyl (C=O) groups excluding carboxylic acids is 1. The number of rotatable bonds is 2. The van der Waals surface area contributed by atoms with Gasteiger partial charge in [-0.25, -0.2) is 0 Å². The Balaban J connectivity index is 2.39. The molecular weight excluding hydrogens is 136 g/mol. The van der Waals surface area contributed by atoms with Gasteiger partial charge >= 0.3 is 0 Å². The Morgan fingerprint density at radius 1 is 1.64 bits per heavy atom. The third-order valence-electron chi connectivity index (χ3n) is 2.97. The van der Waals surface area contributed by atoms with E-state index < -0.39 is 0 Å². The molecule has 1 saturated carbocycles. The molecule has 0 aliphatic heterocycles. The standard InChI is InChI=1S/C10H18O/c1-3-8(2)9-5-4-6-10(11)7-9/h8-9H,3-7H2,1-2H3/t8?,9-/m1/s1. The van der Waals surface area contributed by atoms with Crippen LogP contribution in [0.1, 0.15) is 46.0 Å². The van der Waals surface area contributed by atoms with E-state index in [4.69, 9.17) is 0 Å². The molecule has 1 fully saturated rings. The third-order valence-corrected chi connectivity index (χ3v) is 2.97. The lowest BCUT2D eigenvalue weighted by Gasteiger charge is -2.25. The van der Waals surface area contributed by atoms with E-state index in [1.807, 2.05) is 0 Å². The smallest absolute Gasteiger partial charge is 0.133 e. The zero-order valence-electron chi connectivity index (χ0n) is 7.60. The fourth-order valence-electron chi connectivity index (χ4n) is 1.88. The van der Waals surface area contributed by atoms with Crippen molar-refractivity contribution in [2.75, 3.05) is 0 Å². The highest BCUT2D eigenvalue weighted by molar-refractivity contribution is 5.79. The largest absolute Gasteiger partial charge is 0.300 e. The number of hydrogen-bond acceptors (Lipinski definition) is 1. The first-order valence-corrected chi connectivity index (χ1v) is 4.75. The van der Waals surface area contributed by atoms with E-state index in [-0.39, 0.29) is 0 Å². The van der Waals surface area contributed by atoms with Gasteiger partial charge in [-0.1, -0.05) is 20.3 Å². The Morgan fingerprint density at radius 2 is 2.36 bits per heavy atom. The van der Waals surface area contributed by atoms with Gasteiger partial charge in [0.25, 0.3) is 0 Å². The monoisotopic (exact) mass is 154 g/mol. The number of ketones is 1. The molecule has 1 nitrogen and oxygen atoms in total. The zero-order chi connectivity index (χ0) is 8.27. The van der Waals surface area contributed by atoms with E-state index in [0.717, 1.165) is 25.2 Å². The Hall–Kier alpha value is -0.330. The van der Waals surface area contributed by atoms with Crippen molar-refractivity contribution in [1.29, 1.82) is 0 Å². The topological polar surface area (TPSA) is 17.1 Å². The molecule has 0 radical (unpaired) electrons. The first-order chi connectivity index (χ1) is 5.24. The van der Waals surface area contributed by atoms with E-state index in [0.29, 0.717) is 11.7 Å². The van der Waals surface area contributed by atoms with Crippen LogP contribution >= 0.6 is 0 Å². The van der Waals surface area contributed by atoms with Crippen LogP contribution in [0.25, 0.3) is 0 Å². The van der Waals surface area contributed by atoms with E-state index >= 15 is 0 Å². The molecule has 64 valence electrons. The van der Waals surface area contributed by atoms with Crippen LogP contribution in [0.4, 0.5) is 0 Å². The number of Topliss-reactive ketones (excluding diaryl/α,β-unsaturated/α-hetero) is 1. The van der Waals surface area contributed by atoms with Crippen LogP contribution in [0.2, 0.25) is 0 Å². The molecule has 1 aliphatic rings. The Bertz CT molecular complexity index is 140. The molecule has 2 atom stereocenters. The molecule has 0 aromatic heterocycles. The summed E-state index contributed by atoms with van der Waals surface area (Å²) >= 11 is 0. The van der Waals surface area contributed by atoms with Gasteiger partial charge in [0.15, 0.2) is 0 Å². The maximum Gasteiger partial charge on any atom is 0.133 e. The Morgan fingerprint density at radius 3 is 2.91 bits per heavy atom. The van der Waals surface area contributed by atoms with Gasteiger partial charge in [-0.2, -0.15) is 0 Å². The summed E-state index contributed by atoms with van der Waals surface area (Å²) < 4.78 is 0. The number of hydrogen-bond donors (Lipinski definition) is 0. The molecule has 1 heteroatoms. The SMILES string of the molecule is CCC(C)[C@@H]1CCCC(=O)C1. The van der Waals surface area contributed by atoms with Gasteiger partial charge in [-0.15, -0.1) is 0 Å². The minimum Gasteiger partial charge on any atom is -0.300 e. The van der Waals surface area contributed by atoms with Gasteiger partial charge in [0, 0.05) is 12.8 Å². The summed E-state index contributed by atoms with van der Waals surface area (Å²) in [7, 11) is 0. The van der Waals surface area contributed by atoms with Crippen LogP contribution < -0.4 is 0 Å². The van der Waals surface area contributed by atoms with Crippen LogP contribution in [0.15, 0.2) is 0 Å².